The van der Waals surface area contributed by atoms with Gasteiger partial charge in [-0.05, 0) is 37.7 Å². The first kappa shape index (κ1) is 11.5. The summed E-state index contributed by atoms with van der Waals surface area (Å²) in [5.74, 6) is -0.488. The Bertz CT molecular complexity index is 513. The number of hydrogen-bond donors (Lipinski definition) is 1. The van der Waals surface area contributed by atoms with Crippen molar-refractivity contribution in [1.82, 2.24) is 5.32 Å². The molecule has 0 spiro atoms. The van der Waals surface area contributed by atoms with E-state index in [4.69, 9.17) is 0 Å². The van der Waals surface area contributed by atoms with Crippen LogP contribution in [0.25, 0.3) is 0 Å². The van der Waals surface area contributed by atoms with Gasteiger partial charge in [0.1, 0.15) is 5.82 Å². The van der Waals surface area contributed by atoms with Crippen LogP contribution in [0, 0.1) is 5.82 Å². The van der Waals surface area contributed by atoms with Gasteiger partial charge in [0.25, 0.3) is 0 Å². The van der Waals surface area contributed by atoms with Gasteiger partial charge in [0.05, 0.1) is 10.6 Å². The molecule has 1 heterocycles. The Morgan fingerprint density at radius 1 is 1.50 bits per heavy atom. The van der Waals surface area contributed by atoms with Crippen molar-refractivity contribution in [2.24, 2.45) is 0 Å². The summed E-state index contributed by atoms with van der Waals surface area (Å²) in [4.78, 5) is 0.279. The smallest absolute Gasteiger partial charge is 0.179 e. The van der Waals surface area contributed by atoms with Gasteiger partial charge in [0.15, 0.2) is 9.84 Å². The van der Waals surface area contributed by atoms with Crippen LogP contribution in [0.5, 0.6) is 0 Å². The molecule has 2 rings (SSSR count). The summed E-state index contributed by atoms with van der Waals surface area (Å²) in [5.41, 5.74) is 0.599. The van der Waals surface area contributed by atoms with Crippen LogP contribution in [0.4, 0.5) is 4.39 Å². The summed E-state index contributed by atoms with van der Waals surface area (Å²) < 4.78 is 36.8. The predicted octanol–water partition coefficient (Wildman–Crippen LogP) is 1.30. The van der Waals surface area contributed by atoms with Crippen molar-refractivity contribution in [2.45, 2.75) is 23.8 Å². The maximum Gasteiger partial charge on any atom is 0.179 e. The molecule has 0 radical (unpaired) electrons. The van der Waals surface area contributed by atoms with Crippen molar-refractivity contribution in [3.8, 4) is 0 Å². The monoisotopic (exact) mass is 243 g/mol. The van der Waals surface area contributed by atoms with Crippen LogP contribution >= 0.6 is 0 Å². The Morgan fingerprint density at radius 2 is 2.19 bits per heavy atom. The maximum atomic E-state index is 13.1. The van der Waals surface area contributed by atoms with E-state index < -0.39 is 9.84 Å². The molecule has 16 heavy (non-hydrogen) atoms. The molecule has 1 N–H and O–H groups in total. The lowest BCUT2D eigenvalue weighted by atomic mass is 9.94. The summed E-state index contributed by atoms with van der Waals surface area (Å²) in [5, 5.41) is 3.02. The van der Waals surface area contributed by atoms with Crippen molar-refractivity contribution in [3.63, 3.8) is 0 Å². The standard InChI is InChI=1S/C11H14FNO2S/c1-7(13-2)10-6-16(14,15)11-4-3-8(12)5-9(10)11/h3-5,7,10,13H,6H2,1-2H3. The summed E-state index contributed by atoms with van der Waals surface area (Å²) in [7, 11) is -1.46. The second-order valence-electron chi connectivity index (χ2n) is 4.15. The van der Waals surface area contributed by atoms with Crippen LogP contribution in [0.1, 0.15) is 18.4 Å². The van der Waals surface area contributed by atoms with Crippen molar-refractivity contribution >= 4 is 9.84 Å². The molecule has 88 valence electrons. The van der Waals surface area contributed by atoms with Gasteiger partial charge in [-0.1, -0.05) is 0 Å². The van der Waals surface area contributed by atoms with Gasteiger partial charge in [0, 0.05) is 12.0 Å². The molecule has 0 aliphatic carbocycles. The van der Waals surface area contributed by atoms with Gasteiger partial charge >= 0.3 is 0 Å². The fourth-order valence-electron chi connectivity index (χ4n) is 2.12. The molecule has 0 saturated heterocycles. The zero-order valence-corrected chi connectivity index (χ0v) is 10.0. The molecule has 5 heteroatoms. The molecular formula is C11H14FNO2S. The second kappa shape index (κ2) is 3.82. The van der Waals surface area contributed by atoms with Gasteiger partial charge in [-0.3, -0.25) is 0 Å². The number of benzene rings is 1. The summed E-state index contributed by atoms with van der Waals surface area (Å²) in [6, 6.07) is 3.90. The van der Waals surface area contributed by atoms with Crippen molar-refractivity contribution in [1.29, 1.82) is 0 Å². The second-order valence-corrected chi connectivity index (χ2v) is 6.15. The molecule has 1 aliphatic rings. The van der Waals surface area contributed by atoms with Crippen LogP contribution < -0.4 is 5.32 Å². The van der Waals surface area contributed by atoms with Gasteiger partial charge in [-0.2, -0.15) is 0 Å². The average Bonchev–Trinajstić information content (AvgIpc) is 2.49. The summed E-state index contributed by atoms with van der Waals surface area (Å²) in [6.45, 7) is 1.90. The van der Waals surface area contributed by atoms with E-state index in [2.05, 4.69) is 5.32 Å². The highest BCUT2D eigenvalue weighted by molar-refractivity contribution is 7.91. The quantitative estimate of drug-likeness (QED) is 0.796. The highest BCUT2D eigenvalue weighted by atomic mass is 32.2. The van der Waals surface area contributed by atoms with E-state index in [-0.39, 0.29) is 28.4 Å². The van der Waals surface area contributed by atoms with Crippen molar-refractivity contribution in [3.05, 3.63) is 29.6 Å². The van der Waals surface area contributed by atoms with Gasteiger partial charge in [-0.25, -0.2) is 12.8 Å². The Balaban J connectivity index is 2.56. The summed E-state index contributed by atoms with van der Waals surface area (Å²) >= 11 is 0. The third-order valence-corrected chi connectivity index (χ3v) is 5.00. The van der Waals surface area contributed by atoms with Crippen molar-refractivity contribution in [2.75, 3.05) is 12.8 Å². The molecule has 3 nitrogen and oxygen atoms in total. The number of fused-ring (bicyclic) bond motifs is 1. The lowest BCUT2D eigenvalue weighted by Gasteiger charge is -2.18. The van der Waals surface area contributed by atoms with E-state index in [1.165, 1.54) is 18.2 Å². The van der Waals surface area contributed by atoms with Crippen molar-refractivity contribution < 1.29 is 12.8 Å². The number of hydrogen-bond acceptors (Lipinski definition) is 3. The molecule has 2 unspecified atom stereocenters. The van der Waals surface area contributed by atoms with Gasteiger partial charge in [0.2, 0.25) is 0 Å². The Labute approximate surface area is 94.6 Å². The number of sulfone groups is 1. The van der Waals surface area contributed by atoms with Crippen LogP contribution in [0.2, 0.25) is 0 Å². The molecule has 1 aromatic carbocycles. The highest BCUT2D eigenvalue weighted by Gasteiger charge is 2.37. The Morgan fingerprint density at radius 3 is 2.81 bits per heavy atom. The third kappa shape index (κ3) is 1.74. The first-order valence-electron chi connectivity index (χ1n) is 5.15. The largest absolute Gasteiger partial charge is 0.317 e. The minimum Gasteiger partial charge on any atom is -0.317 e. The number of nitrogens with one attached hydrogen (secondary N) is 1. The molecule has 1 aliphatic heterocycles. The fourth-order valence-corrected chi connectivity index (χ4v) is 4.09. The lowest BCUT2D eigenvalue weighted by molar-refractivity contribution is 0.521. The molecule has 0 bridgehead atoms. The van der Waals surface area contributed by atoms with E-state index >= 15 is 0 Å². The molecule has 0 fully saturated rings. The third-order valence-electron chi connectivity index (χ3n) is 3.16. The van der Waals surface area contributed by atoms with E-state index in [1.807, 2.05) is 6.92 Å². The minimum atomic E-state index is -3.23. The normalized spacial score (nSPS) is 24.1. The fraction of sp³-hybridized carbons (Fsp3) is 0.455. The number of halogens is 1. The first-order valence-corrected chi connectivity index (χ1v) is 6.80. The minimum absolute atomic E-state index is 0.0119. The van der Waals surface area contributed by atoms with Gasteiger partial charge < -0.3 is 5.32 Å². The molecular weight excluding hydrogens is 229 g/mol. The van der Waals surface area contributed by atoms with Crippen LogP contribution in [0.15, 0.2) is 23.1 Å². The SMILES string of the molecule is CNC(C)C1CS(=O)(=O)c2ccc(F)cc21. The van der Waals surface area contributed by atoms with Crippen LogP contribution in [-0.2, 0) is 9.84 Å². The first-order chi connectivity index (χ1) is 7.45. The van der Waals surface area contributed by atoms with E-state index in [0.29, 0.717) is 5.56 Å². The van der Waals surface area contributed by atoms with E-state index in [1.54, 1.807) is 7.05 Å². The van der Waals surface area contributed by atoms with Crippen LogP contribution in [0.3, 0.4) is 0 Å². The number of likely N-dealkylation sites (N-methyl/N-ethyl adjacent to an activating group) is 1. The maximum absolute atomic E-state index is 13.1. The summed E-state index contributed by atoms with van der Waals surface area (Å²) in [6.07, 6.45) is 0. The zero-order chi connectivity index (χ0) is 11.9. The Hall–Kier alpha value is -0.940. The highest BCUT2D eigenvalue weighted by Crippen LogP contribution is 2.37. The number of rotatable bonds is 2. The zero-order valence-electron chi connectivity index (χ0n) is 9.20. The molecule has 0 amide bonds. The molecule has 0 saturated carbocycles. The molecule has 2 atom stereocenters. The topological polar surface area (TPSA) is 46.2 Å². The Kier molecular flexibility index (Phi) is 2.75. The molecule has 1 aromatic rings. The lowest BCUT2D eigenvalue weighted by Crippen LogP contribution is -2.29. The van der Waals surface area contributed by atoms with E-state index in [0.717, 1.165) is 0 Å². The predicted molar refractivity (Wildman–Crippen MR) is 59.7 cm³/mol. The van der Waals surface area contributed by atoms with E-state index in [9.17, 15) is 12.8 Å². The molecule has 0 aromatic heterocycles. The average molecular weight is 243 g/mol. The van der Waals surface area contributed by atoms with Gasteiger partial charge in [-0.15, -0.1) is 0 Å². The van der Waals surface area contributed by atoms with Crippen LogP contribution in [-0.4, -0.2) is 27.3 Å².